The molecular weight excluding hydrogens is 182 g/mol. The first kappa shape index (κ1) is 8.89. The van der Waals surface area contributed by atoms with E-state index in [1.165, 1.54) is 0 Å². The van der Waals surface area contributed by atoms with Crippen molar-refractivity contribution in [3.8, 4) is 0 Å². The Bertz CT molecular complexity index is 413. The lowest BCUT2D eigenvalue weighted by molar-refractivity contribution is 0.448. The zero-order chi connectivity index (χ0) is 9.80. The number of rotatable bonds is 4. The fourth-order valence-corrected chi connectivity index (χ4v) is 1.06. The number of nitrogens with one attached hydrogen (secondary N) is 1. The van der Waals surface area contributed by atoms with Gasteiger partial charge in [-0.25, -0.2) is 4.98 Å². The molecule has 2 heterocycles. The molecule has 2 aromatic heterocycles. The summed E-state index contributed by atoms with van der Waals surface area (Å²) in [6.45, 7) is 1.41. The van der Waals surface area contributed by atoms with E-state index in [0.29, 0.717) is 18.2 Å². The van der Waals surface area contributed by atoms with Crippen LogP contribution in [0.15, 0.2) is 16.9 Å². The summed E-state index contributed by atoms with van der Waals surface area (Å²) < 4.78 is 4.90. The normalized spacial score (nSPS) is 10.6. The summed E-state index contributed by atoms with van der Waals surface area (Å²) in [4.78, 5) is 8.20. The van der Waals surface area contributed by atoms with Crippen molar-refractivity contribution in [2.45, 2.75) is 6.42 Å². The van der Waals surface area contributed by atoms with Crippen molar-refractivity contribution in [2.24, 2.45) is 5.73 Å². The summed E-state index contributed by atoms with van der Waals surface area (Å²) in [5, 5.41) is 7.45. The molecular formula is C8H11N5O. The van der Waals surface area contributed by atoms with Gasteiger partial charge in [-0.15, -0.1) is 0 Å². The second-order valence-corrected chi connectivity index (χ2v) is 2.85. The molecule has 0 bridgehead atoms. The van der Waals surface area contributed by atoms with Gasteiger partial charge in [0.1, 0.15) is 0 Å². The Hall–Kier alpha value is -1.69. The molecule has 0 radical (unpaired) electrons. The van der Waals surface area contributed by atoms with Crippen molar-refractivity contribution in [2.75, 3.05) is 18.4 Å². The maximum absolute atomic E-state index is 5.36. The largest absolute Gasteiger partial charge is 0.354 e. The molecule has 2 aromatic rings. The monoisotopic (exact) mass is 193 g/mol. The average Bonchev–Trinajstić information content (AvgIpc) is 2.65. The SMILES string of the molecule is NCCCNc1ncc2cnoc2n1. The second-order valence-electron chi connectivity index (χ2n) is 2.85. The summed E-state index contributed by atoms with van der Waals surface area (Å²) in [7, 11) is 0. The van der Waals surface area contributed by atoms with Crippen LogP contribution in [-0.2, 0) is 0 Å². The van der Waals surface area contributed by atoms with E-state index in [2.05, 4.69) is 20.4 Å². The minimum Gasteiger partial charge on any atom is -0.354 e. The zero-order valence-electron chi connectivity index (χ0n) is 7.60. The van der Waals surface area contributed by atoms with Gasteiger partial charge in [0.15, 0.2) is 0 Å². The van der Waals surface area contributed by atoms with Crippen molar-refractivity contribution >= 4 is 17.0 Å². The van der Waals surface area contributed by atoms with Crippen LogP contribution in [0.1, 0.15) is 6.42 Å². The molecule has 2 rings (SSSR count). The van der Waals surface area contributed by atoms with Crippen LogP contribution in [0.2, 0.25) is 0 Å². The number of hydrogen-bond acceptors (Lipinski definition) is 6. The minimum absolute atomic E-state index is 0.496. The minimum atomic E-state index is 0.496. The van der Waals surface area contributed by atoms with Crippen LogP contribution in [0.3, 0.4) is 0 Å². The van der Waals surface area contributed by atoms with Gasteiger partial charge in [0.05, 0.1) is 11.6 Å². The third-order valence-corrected chi connectivity index (χ3v) is 1.78. The number of aromatic nitrogens is 3. The smallest absolute Gasteiger partial charge is 0.262 e. The van der Waals surface area contributed by atoms with E-state index in [1.807, 2.05) is 0 Å². The van der Waals surface area contributed by atoms with Gasteiger partial charge in [-0.05, 0) is 13.0 Å². The molecule has 74 valence electrons. The quantitative estimate of drug-likeness (QED) is 0.682. The number of nitrogens with two attached hydrogens (primary N) is 1. The lowest BCUT2D eigenvalue weighted by Gasteiger charge is -2.01. The predicted molar refractivity (Wildman–Crippen MR) is 51.8 cm³/mol. The molecule has 0 atom stereocenters. The van der Waals surface area contributed by atoms with E-state index in [4.69, 9.17) is 10.3 Å². The van der Waals surface area contributed by atoms with Crippen molar-refractivity contribution in [1.82, 2.24) is 15.1 Å². The van der Waals surface area contributed by atoms with Crippen molar-refractivity contribution in [3.63, 3.8) is 0 Å². The van der Waals surface area contributed by atoms with Crippen LogP contribution in [-0.4, -0.2) is 28.2 Å². The first-order chi connectivity index (χ1) is 6.90. The predicted octanol–water partition coefficient (Wildman–Crippen LogP) is 0.378. The molecule has 0 unspecified atom stereocenters. The molecule has 6 heteroatoms. The molecule has 0 aliphatic rings. The van der Waals surface area contributed by atoms with E-state index >= 15 is 0 Å². The Morgan fingerprint density at radius 3 is 3.21 bits per heavy atom. The molecule has 0 amide bonds. The summed E-state index contributed by atoms with van der Waals surface area (Å²) in [5.41, 5.74) is 5.85. The molecule has 0 aromatic carbocycles. The molecule has 0 aliphatic carbocycles. The van der Waals surface area contributed by atoms with Gasteiger partial charge in [-0.1, -0.05) is 5.16 Å². The number of nitrogens with zero attached hydrogens (tertiary/aromatic N) is 3. The van der Waals surface area contributed by atoms with Gasteiger partial charge in [0.25, 0.3) is 5.71 Å². The van der Waals surface area contributed by atoms with Crippen molar-refractivity contribution in [1.29, 1.82) is 0 Å². The standard InChI is InChI=1S/C8H11N5O/c9-2-1-3-10-8-11-4-6-5-12-14-7(6)13-8/h4-5H,1-3,9H2,(H,10,11,13). The van der Waals surface area contributed by atoms with Crippen LogP contribution in [0.4, 0.5) is 5.95 Å². The van der Waals surface area contributed by atoms with E-state index in [9.17, 15) is 0 Å². The maximum Gasteiger partial charge on any atom is 0.262 e. The highest BCUT2D eigenvalue weighted by atomic mass is 16.5. The van der Waals surface area contributed by atoms with E-state index < -0.39 is 0 Å². The number of fused-ring (bicyclic) bond motifs is 1. The highest BCUT2D eigenvalue weighted by Crippen LogP contribution is 2.10. The van der Waals surface area contributed by atoms with E-state index in [0.717, 1.165) is 18.4 Å². The summed E-state index contributed by atoms with van der Waals surface area (Å²) in [6.07, 6.45) is 4.14. The van der Waals surface area contributed by atoms with Crippen LogP contribution in [0.25, 0.3) is 11.1 Å². The topological polar surface area (TPSA) is 89.9 Å². The fourth-order valence-electron chi connectivity index (χ4n) is 1.06. The molecule has 3 N–H and O–H groups in total. The molecule has 14 heavy (non-hydrogen) atoms. The third-order valence-electron chi connectivity index (χ3n) is 1.78. The number of hydrogen-bond donors (Lipinski definition) is 2. The van der Waals surface area contributed by atoms with Crippen molar-refractivity contribution in [3.05, 3.63) is 12.4 Å². The highest BCUT2D eigenvalue weighted by Gasteiger charge is 2.01. The summed E-state index contributed by atoms with van der Waals surface area (Å²) in [6, 6.07) is 0. The van der Waals surface area contributed by atoms with Gasteiger partial charge in [-0.2, -0.15) is 4.98 Å². The average molecular weight is 193 g/mol. The van der Waals surface area contributed by atoms with Gasteiger partial charge in [0.2, 0.25) is 5.95 Å². The van der Waals surface area contributed by atoms with Crippen LogP contribution < -0.4 is 11.1 Å². The third kappa shape index (κ3) is 1.80. The summed E-state index contributed by atoms with van der Waals surface area (Å²) >= 11 is 0. The lowest BCUT2D eigenvalue weighted by Crippen LogP contribution is -2.10. The molecule has 0 saturated carbocycles. The molecule has 6 nitrogen and oxygen atoms in total. The Balaban J connectivity index is 2.10. The first-order valence-corrected chi connectivity index (χ1v) is 4.41. The molecule has 0 aliphatic heterocycles. The van der Waals surface area contributed by atoms with E-state index in [-0.39, 0.29) is 0 Å². The lowest BCUT2D eigenvalue weighted by atomic mass is 10.4. The Morgan fingerprint density at radius 1 is 1.43 bits per heavy atom. The van der Waals surface area contributed by atoms with Gasteiger partial charge in [0, 0.05) is 12.7 Å². The Morgan fingerprint density at radius 2 is 2.36 bits per heavy atom. The first-order valence-electron chi connectivity index (χ1n) is 4.41. The maximum atomic E-state index is 5.36. The van der Waals surface area contributed by atoms with Gasteiger partial charge in [-0.3, -0.25) is 0 Å². The molecule has 0 spiro atoms. The van der Waals surface area contributed by atoms with E-state index in [1.54, 1.807) is 12.4 Å². The fraction of sp³-hybridized carbons (Fsp3) is 0.375. The van der Waals surface area contributed by atoms with Crippen LogP contribution in [0, 0.1) is 0 Å². The van der Waals surface area contributed by atoms with Gasteiger partial charge >= 0.3 is 0 Å². The highest BCUT2D eigenvalue weighted by molar-refractivity contribution is 5.71. The Kier molecular flexibility index (Phi) is 2.55. The van der Waals surface area contributed by atoms with Crippen LogP contribution >= 0.6 is 0 Å². The summed E-state index contributed by atoms with van der Waals surface area (Å²) in [5.74, 6) is 0.544. The van der Waals surface area contributed by atoms with Crippen molar-refractivity contribution < 1.29 is 4.52 Å². The molecule has 0 fully saturated rings. The Labute approximate surface area is 80.5 Å². The van der Waals surface area contributed by atoms with Gasteiger partial charge < -0.3 is 15.6 Å². The number of anilines is 1. The second kappa shape index (κ2) is 4.01. The van der Waals surface area contributed by atoms with Crippen LogP contribution in [0.5, 0.6) is 0 Å². The molecule has 0 saturated heterocycles. The zero-order valence-corrected chi connectivity index (χ0v) is 7.60.